The third kappa shape index (κ3) is 4.54. The van der Waals surface area contributed by atoms with Gasteiger partial charge in [-0.1, -0.05) is 0 Å². The average Bonchev–Trinajstić information content (AvgIpc) is 2.31. The highest BCUT2D eigenvalue weighted by atomic mass is 127. The van der Waals surface area contributed by atoms with Gasteiger partial charge in [-0.15, -0.1) is 11.8 Å². The Kier molecular flexibility index (Phi) is 5.94. The fraction of sp³-hybridized carbons (Fsp3) is 0.182. The monoisotopic (exact) mass is 376 g/mol. The normalized spacial score (nSPS) is 9.56. The molecule has 0 bridgehead atoms. The van der Waals surface area contributed by atoms with Crippen LogP contribution in [0.5, 0.6) is 0 Å². The van der Waals surface area contributed by atoms with Crippen molar-refractivity contribution in [2.24, 2.45) is 0 Å². The fourth-order valence-electron chi connectivity index (χ4n) is 1.18. The number of thioether (sulfide) groups is 1. The van der Waals surface area contributed by atoms with E-state index in [-0.39, 0.29) is 28.7 Å². The molecule has 0 atom stereocenters. The van der Waals surface area contributed by atoms with E-state index in [0.29, 0.717) is 0 Å². The Morgan fingerprint density at radius 3 is 2.83 bits per heavy atom. The zero-order valence-corrected chi connectivity index (χ0v) is 12.1. The predicted octanol–water partition coefficient (Wildman–Crippen LogP) is 2.18. The van der Waals surface area contributed by atoms with Gasteiger partial charge in [0.2, 0.25) is 5.91 Å². The van der Waals surface area contributed by atoms with Crippen LogP contribution in [-0.2, 0) is 4.79 Å². The number of nitrogens with one attached hydrogen (secondary N) is 1. The van der Waals surface area contributed by atoms with Crippen molar-refractivity contribution in [1.29, 1.82) is 5.26 Å². The molecule has 94 valence electrons. The first kappa shape index (κ1) is 14.8. The van der Waals surface area contributed by atoms with E-state index in [4.69, 9.17) is 10.4 Å². The first-order valence-corrected chi connectivity index (χ1v) is 7.05. The van der Waals surface area contributed by atoms with Crippen molar-refractivity contribution in [3.05, 3.63) is 27.3 Å². The van der Waals surface area contributed by atoms with Gasteiger partial charge in [-0.3, -0.25) is 4.79 Å². The van der Waals surface area contributed by atoms with Crippen molar-refractivity contribution in [2.75, 3.05) is 16.8 Å². The van der Waals surface area contributed by atoms with Gasteiger partial charge in [-0.05, 0) is 40.8 Å². The summed E-state index contributed by atoms with van der Waals surface area (Å²) < 4.78 is 0.779. The standard InChI is InChI=1S/C11H9IN2O3S/c12-7-1-2-9(8(5-7)11(16)17)14-10(15)6-18-4-3-13/h1-2,5H,4,6H2,(H,14,15)(H,16,17). The second kappa shape index (κ2) is 7.23. The van der Waals surface area contributed by atoms with E-state index in [1.54, 1.807) is 12.1 Å². The molecule has 0 aliphatic heterocycles. The minimum absolute atomic E-state index is 0.0560. The van der Waals surface area contributed by atoms with Crippen LogP contribution in [0.1, 0.15) is 10.4 Å². The van der Waals surface area contributed by atoms with Crippen molar-refractivity contribution >= 4 is 51.9 Å². The van der Waals surface area contributed by atoms with Gasteiger partial charge in [0.1, 0.15) is 0 Å². The van der Waals surface area contributed by atoms with Crippen molar-refractivity contribution < 1.29 is 14.7 Å². The Bertz CT molecular complexity index is 514. The van der Waals surface area contributed by atoms with Gasteiger partial charge in [0.05, 0.1) is 28.8 Å². The predicted molar refractivity (Wildman–Crippen MR) is 77.7 cm³/mol. The van der Waals surface area contributed by atoms with Gasteiger partial charge in [0.25, 0.3) is 0 Å². The molecular formula is C11H9IN2O3S. The molecule has 7 heteroatoms. The Balaban J connectivity index is 2.75. The van der Waals surface area contributed by atoms with Gasteiger partial charge in [-0.25, -0.2) is 4.79 Å². The molecule has 1 rings (SSSR count). The van der Waals surface area contributed by atoms with Gasteiger partial charge in [-0.2, -0.15) is 5.26 Å². The number of carboxylic acid groups (broad SMARTS) is 1. The second-order valence-electron chi connectivity index (χ2n) is 3.19. The third-order valence-corrected chi connectivity index (χ3v) is 3.36. The lowest BCUT2D eigenvalue weighted by molar-refractivity contribution is -0.113. The molecule has 0 fully saturated rings. The summed E-state index contributed by atoms with van der Waals surface area (Å²) in [7, 11) is 0. The van der Waals surface area contributed by atoms with Crippen LogP contribution >= 0.6 is 34.4 Å². The van der Waals surface area contributed by atoms with E-state index < -0.39 is 5.97 Å². The first-order chi connectivity index (χ1) is 8.54. The summed E-state index contributed by atoms with van der Waals surface area (Å²) in [5, 5.41) is 19.9. The van der Waals surface area contributed by atoms with Gasteiger partial charge in [0, 0.05) is 3.57 Å². The van der Waals surface area contributed by atoms with Crippen molar-refractivity contribution in [2.45, 2.75) is 0 Å². The minimum atomic E-state index is -1.09. The number of amides is 1. The Morgan fingerprint density at radius 1 is 1.50 bits per heavy atom. The number of nitrogens with zero attached hydrogens (tertiary/aromatic N) is 1. The lowest BCUT2D eigenvalue weighted by Crippen LogP contribution is -2.16. The second-order valence-corrected chi connectivity index (χ2v) is 5.43. The molecule has 0 aliphatic rings. The van der Waals surface area contributed by atoms with Crippen LogP contribution in [0.4, 0.5) is 5.69 Å². The SMILES string of the molecule is N#CCSCC(=O)Nc1ccc(I)cc1C(=O)O. The maximum atomic E-state index is 11.5. The molecule has 0 saturated carbocycles. The number of halogens is 1. The molecule has 0 aromatic heterocycles. The number of carbonyl (C=O) groups is 2. The maximum absolute atomic E-state index is 11.5. The molecule has 0 spiro atoms. The molecular weight excluding hydrogens is 367 g/mol. The van der Waals surface area contributed by atoms with E-state index in [1.807, 2.05) is 28.7 Å². The molecule has 18 heavy (non-hydrogen) atoms. The first-order valence-electron chi connectivity index (χ1n) is 4.82. The van der Waals surface area contributed by atoms with Gasteiger partial charge >= 0.3 is 5.97 Å². The van der Waals surface area contributed by atoms with Crippen LogP contribution in [0.3, 0.4) is 0 Å². The quantitative estimate of drug-likeness (QED) is 0.607. The average molecular weight is 376 g/mol. The number of carbonyl (C=O) groups excluding carboxylic acids is 1. The van der Waals surface area contributed by atoms with Crippen LogP contribution in [0.2, 0.25) is 0 Å². The minimum Gasteiger partial charge on any atom is -0.478 e. The molecule has 0 heterocycles. The highest BCUT2D eigenvalue weighted by molar-refractivity contribution is 14.1. The number of aromatic carboxylic acids is 1. The summed E-state index contributed by atoms with van der Waals surface area (Å²) in [5.41, 5.74) is 0.325. The molecule has 1 aromatic rings. The van der Waals surface area contributed by atoms with E-state index in [2.05, 4.69) is 5.32 Å². The maximum Gasteiger partial charge on any atom is 0.337 e. The smallest absolute Gasteiger partial charge is 0.337 e. The van der Waals surface area contributed by atoms with Gasteiger partial charge in [0.15, 0.2) is 0 Å². The summed E-state index contributed by atoms with van der Waals surface area (Å²) in [5.74, 6) is -1.06. The summed E-state index contributed by atoms with van der Waals surface area (Å²) in [4.78, 5) is 22.5. The highest BCUT2D eigenvalue weighted by Crippen LogP contribution is 2.19. The summed E-state index contributed by atoms with van der Waals surface area (Å²) in [6, 6.07) is 6.67. The van der Waals surface area contributed by atoms with Gasteiger partial charge < -0.3 is 10.4 Å². The van der Waals surface area contributed by atoms with Crippen LogP contribution in [-0.4, -0.2) is 28.5 Å². The zero-order valence-electron chi connectivity index (χ0n) is 9.14. The summed E-state index contributed by atoms with van der Waals surface area (Å²) in [6.07, 6.45) is 0. The number of anilines is 1. The van der Waals surface area contributed by atoms with Crippen LogP contribution in [0.25, 0.3) is 0 Å². The lowest BCUT2D eigenvalue weighted by Gasteiger charge is -2.08. The number of carboxylic acids is 1. The molecule has 1 aromatic carbocycles. The molecule has 5 nitrogen and oxygen atoms in total. The fourth-order valence-corrected chi connectivity index (χ4v) is 2.12. The molecule has 0 unspecified atom stereocenters. The molecule has 1 amide bonds. The zero-order chi connectivity index (χ0) is 13.5. The van der Waals surface area contributed by atoms with Crippen LogP contribution in [0, 0.1) is 14.9 Å². The molecule has 0 radical (unpaired) electrons. The summed E-state index contributed by atoms with van der Waals surface area (Å²) >= 11 is 3.18. The number of hydrogen-bond acceptors (Lipinski definition) is 4. The Morgan fingerprint density at radius 2 is 2.22 bits per heavy atom. The van der Waals surface area contributed by atoms with Crippen molar-refractivity contribution in [1.82, 2.24) is 0 Å². The third-order valence-electron chi connectivity index (χ3n) is 1.89. The van der Waals surface area contributed by atoms with Crippen LogP contribution in [0.15, 0.2) is 18.2 Å². The van der Waals surface area contributed by atoms with E-state index >= 15 is 0 Å². The Hall–Kier alpha value is -1.27. The number of nitriles is 1. The number of benzene rings is 1. The molecule has 2 N–H and O–H groups in total. The molecule has 0 aliphatic carbocycles. The van der Waals surface area contributed by atoms with E-state index in [0.717, 1.165) is 3.57 Å². The number of hydrogen-bond donors (Lipinski definition) is 2. The van der Waals surface area contributed by atoms with Crippen molar-refractivity contribution in [3.8, 4) is 6.07 Å². The van der Waals surface area contributed by atoms with Crippen LogP contribution < -0.4 is 5.32 Å². The van der Waals surface area contributed by atoms with Crippen molar-refractivity contribution in [3.63, 3.8) is 0 Å². The number of rotatable bonds is 5. The largest absolute Gasteiger partial charge is 0.478 e. The highest BCUT2D eigenvalue weighted by Gasteiger charge is 2.12. The molecule has 0 saturated heterocycles. The van der Waals surface area contributed by atoms with E-state index in [9.17, 15) is 9.59 Å². The Labute approximate surface area is 122 Å². The summed E-state index contributed by atoms with van der Waals surface area (Å²) in [6.45, 7) is 0. The topological polar surface area (TPSA) is 90.2 Å². The lowest BCUT2D eigenvalue weighted by atomic mass is 10.2. The van der Waals surface area contributed by atoms with E-state index in [1.165, 1.54) is 17.8 Å².